The van der Waals surface area contributed by atoms with E-state index in [-0.39, 0.29) is 12.4 Å². The summed E-state index contributed by atoms with van der Waals surface area (Å²) in [5, 5.41) is 19.2. The van der Waals surface area contributed by atoms with Gasteiger partial charge in [0.25, 0.3) is 0 Å². The van der Waals surface area contributed by atoms with Gasteiger partial charge in [-0.25, -0.2) is 0 Å². The minimum absolute atomic E-state index is 0.0798. The average molecular weight is 208 g/mol. The Kier molecular flexibility index (Phi) is 2.23. The predicted octanol–water partition coefficient (Wildman–Crippen LogP) is 1.91. The first kappa shape index (κ1) is 9.18. The number of aromatic hydroxyl groups is 1. The number of aliphatic hydroxyl groups is 1. The van der Waals surface area contributed by atoms with Crippen molar-refractivity contribution < 1.29 is 15.0 Å². The highest BCUT2D eigenvalue weighted by Gasteiger charge is 2.12. The summed E-state index contributed by atoms with van der Waals surface area (Å²) in [5.41, 5.74) is 0.544. The van der Waals surface area contributed by atoms with Crippen molar-refractivity contribution in [2.75, 3.05) is 0 Å². The number of rotatable bonds is 2. The molecule has 72 valence electrons. The van der Waals surface area contributed by atoms with E-state index < -0.39 is 0 Å². The number of hydrogen-bond acceptors (Lipinski definition) is 4. The van der Waals surface area contributed by atoms with Crippen LogP contribution < -0.4 is 0 Å². The molecule has 0 atom stereocenters. The molecule has 0 bridgehead atoms. The number of aliphatic hydroxyl groups excluding tert-OH is 1. The van der Waals surface area contributed by atoms with Gasteiger partial charge in [-0.05, 0) is 6.07 Å². The molecule has 0 amide bonds. The van der Waals surface area contributed by atoms with Crippen molar-refractivity contribution in [3.63, 3.8) is 0 Å². The molecule has 0 aliphatic heterocycles. The molecule has 2 rings (SSSR count). The first-order valence-electron chi connectivity index (χ1n) is 4.07. The van der Waals surface area contributed by atoms with E-state index in [0.717, 1.165) is 11.0 Å². The predicted molar refractivity (Wildman–Crippen MR) is 54.8 cm³/mol. The molecule has 1 aromatic heterocycles. The van der Waals surface area contributed by atoms with E-state index in [0.29, 0.717) is 15.8 Å². The number of carbonyl (C=O) groups is 1. The Morgan fingerprint density at radius 1 is 1.43 bits per heavy atom. The van der Waals surface area contributed by atoms with Gasteiger partial charge in [-0.3, -0.25) is 4.79 Å². The number of benzene rings is 1. The van der Waals surface area contributed by atoms with Crippen molar-refractivity contribution in [1.82, 2.24) is 0 Å². The second-order valence-corrected chi connectivity index (χ2v) is 3.98. The fourth-order valence-electron chi connectivity index (χ4n) is 1.38. The van der Waals surface area contributed by atoms with E-state index in [2.05, 4.69) is 0 Å². The Labute approximate surface area is 84.2 Å². The highest BCUT2D eigenvalue weighted by Crippen LogP contribution is 2.38. The lowest BCUT2D eigenvalue weighted by molar-refractivity contribution is 0.112. The Morgan fingerprint density at radius 3 is 2.86 bits per heavy atom. The minimum Gasteiger partial charge on any atom is -0.506 e. The summed E-state index contributed by atoms with van der Waals surface area (Å²) in [6.45, 7) is -0.205. The molecule has 0 spiro atoms. The molecule has 0 radical (unpaired) electrons. The van der Waals surface area contributed by atoms with Gasteiger partial charge in [-0.1, -0.05) is 12.1 Å². The molecular weight excluding hydrogens is 200 g/mol. The van der Waals surface area contributed by atoms with Crippen LogP contribution in [0.3, 0.4) is 0 Å². The molecule has 0 saturated heterocycles. The third-order valence-electron chi connectivity index (χ3n) is 2.06. The van der Waals surface area contributed by atoms with Crippen molar-refractivity contribution in [1.29, 1.82) is 0 Å². The lowest BCUT2D eigenvalue weighted by atomic mass is 10.1. The quantitative estimate of drug-likeness (QED) is 0.741. The smallest absolute Gasteiger partial charge is 0.151 e. The molecular formula is C10H8O3S. The van der Waals surface area contributed by atoms with Crippen LogP contribution in [0, 0.1) is 0 Å². The van der Waals surface area contributed by atoms with Crippen LogP contribution >= 0.6 is 11.3 Å². The zero-order valence-corrected chi connectivity index (χ0v) is 8.04. The number of fused-ring (bicyclic) bond motifs is 1. The minimum atomic E-state index is -0.205. The normalized spacial score (nSPS) is 10.6. The lowest BCUT2D eigenvalue weighted by Crippen LogP contribution is -1.77. The summed E-state index contributed by atoms with van der Waals surface area (Å²) in [7, 11) is 0. The third-order valence-corrected chi connectivity index (χ3v) is 3.29. The van der Waals surface area contributed by atoms with Gasteiger partial charge in [-0.15, -0.1) is 11.3 Å². The van der Waals surface area contributed by atoms with Gasteiger partial charge in [0, 0.05) is 15.6 Å². The zero-order valence-electron chi connectivity index (χ0n) is 7.23. The Morgan fingerprint density at radius 2 is 2.21 bits per heavy atom. The molecule has 0 saturated carbocycles. The summed E-state index contributed by atoms with van der Waals surface area (Å²) in [6, 6.07) is 5.12. The van der Waals surface area contributed by atoms with Crippen molar-refractivity contribution >= 4 is 27.7 Å². The van der Waals surface area contributed by atoms with Gasteiger partial charge in [-0.2, -0.15) is 0 Å². The lowest BCUT2D eigenvalue weighted by Gasteiger charge is -1.92. The van der Waals surface area contributed by atoms with Crippen LogP contribution in [-0.2, 0) is 6.61 Å². The molecule has 0 unspecified atom stereocenters. The maximum Gasteiger partial charge on any atom is 0.151 e. The van der Waals surface area contributed by atoms with Crippen LogP contribution in [0.25, 0.3) is 10.1 Å². The summed E-state index contributed by atoms with van der Waals surface area (Å²) in [4.78, 5) is 11.2. The second-order valence-electron chi connectivity index (χ2n) is 2.87. The monoisotopic (exact) mass is 208 g/mol. The standard InChI is InChI=1S/C10H8O3S/c11-4-6-2-1-3-7-9(13)8(5-12)14-10(6)7/h1-4,12-13H,5H2. The Hall–Kier alpha value is -1.39. The van der Waals surface area contributed by atoms with E-state index in [1.54, 1.807) is 18.2 Å². The molecule has 4 heteroatoms. The van der Waals surface area contributed by atoms with Gasteiger partial charge in [0.1, 0.15) is 5.75 Å². The fraction of sp³-hybridized carbons (Fsp3) is 0.100. The number of aldehydes is 1. The highest BCUT2D eigenvalue weighted by molar-refractivity contribution is 7.19. The van der Waals surface area contributed by atoms with Crippen LogP contribution in [0.1, 0.15) is 15.2 Å². The zero-order chi connectivity index (χ0) is 10.1. The van der Waals surface area contributed by atoms with Crippen LogP contribution in [0.5, 0.6) is 5.75 Å². The second kappa shape index (κ2) is 3.40. The number of hydrogen-bond donors (Lipinski definition) is 2. The number of thiophene rings is 1. The fourth-order valence-corrected chi connectivity index (χ4v) is 2.40. The van der Waals surface area contributed by atoms with Gasteiger partial charge >= 0.3 is 0 Å². The molecule has 14 heavy (non-hydrogen) atoms. The van der Waals surface area contributed by atoms with E-state index >= 15 is 0 Å². The summed E-state index contributed by atoms with van der Waals surface area (Å²) in [5.74, 6) is 0.0798. The molecule has 0 aliphatic carbocycles. The van der Waals surface area contributed by atoms with Crippen molar-refractivity contribution in [2.24, 2.45) is 0 Å². The maximum absolute atomic E-state index is 10.7. The summed E-state index contributed by atoms with van der Waals surface area (Å²) < 4.78 is 0.726. The van der Waals surface area contributed by atoms with Gasteiger partial charge < -0.3 is 10.2 Å². The number of carbonyl (C=O) groups excluding carboxylic acids is 1. The van der Waals surface area contributed by atoms with Crippen LogP contribution in [0.4, 0.5) is 0 Å². The molecule has 0 fully saturated rings. The largest absolute Gasteiger partial charge is 0.506 e. The average Bonchev–Trinajstić information content (AvgIpc) is 2.55. The van der Waals surface area contributed by atoms with Crippen molar-refractivity contribution in [3.8, 4) is 5.75 Å². The van der Waals surface area contributed by atoms with Crippen LogP contribution in [0.2, 0.25) is 0 Å². The first-order valence-corrected chi connectivity index (χ1v) is 4.89. The first-order chi connectivity index (χ1) is 6.77. The Bertz CT molecular complexity index is 487. The van der Waals surface area contributed by atoms with Crippen LogP contribution in [0.15, 0.2) is 18.2 Å². The van der Waals surface area contributed by atoms with E-state index in [4.69, 9.17) is 5.11 Å². The Balaban J connectivity index is 2.83. The van der Waals surface area contributed by atoms with Gasteiger partial charge in [0.05, 0.1) is 11.5 Å². The van der Waals surface area contributed by atoms with E-state index in [9.17, 15) is 9.90 Å². The third kappa shape index (κ3) is 1.20. The summed E-state index contributed by atoms with van der Waals surface area (Å²) in [6.07, 6.45) is 0.749. The topological polar surface area (TPSA) is 57.5 Å². The van der Waals surface area contributed by atoms with Crippen LogP contribution in [-0.4, -0.2) is 16.5 Å². The molecule has 0 aliphatic rings. The maximum atomic E-state index is 10.7. The van der Waals surface area contributed by atoms with Crippen molar-refractivity contribution in [3.05, 3.63) is 28.6 Å². The molecule has 2 aromatic rings. The van der Waals surface area contributed by atoms with Crippen molar-refractivity contribution in [2.45, 2.75) is 6.61 Å². The molecule has 3 nitrogen and oxygen atoms in total. The summed E-state index contributed by atoms with van der Waals surface area (Å²) >= 11 is 1.24. The molecule has 1 aromatic carbocycles. The van der Waals surface area contributed by atoms with Gasteiger partial charge in [0.2, 0.25) is 0 Å². The van der Waals surface area contributed by atoms with E-state index in [1.807, 2.05) is 0 Å². The van der Waals surface area contributed by atoms with E-state index in [1.165, 1.54) is 11.3 Å². The SMILES string of the molecule is O=Cc1cccc2c(O)c(CO)sc12. The molecule has 2 N–H and O–H groups in total. The highest BCUT2D eigenvalue weighted by atomic mass is 32.1. The molecule has 1 heterocycles. The van der Waals surface area contributed by atoms with Gasteiger partial charge in [0.15, 0.2) is 6.29 Å².